The van der Waals surface area contributed by atoms with Crippen LogP contribution in [0, 0.1) is 13.8 Å². The second kappa shape index (κ2) is 8.61. The van der Waals surface area contributed by atoms with Gasteiger partial charge in [-0.25, -0.2) is 0 Å². The minimum absolute atomic E-state index is 0.0817. The van der Waals surface area contributed by atoms with Crippen LogP contribution in [0.3, 0.4) is 0 Å². The number of benzene rings is 2. The molecule has 0 atom stereocenters. The number of carbonyl (C=O) groups is 2. The number of carbonyl (C=O) groups excluding carboxylic acids is 2. The monoisotopic (exact) mass is 382 g/mol. The van der Waals surface area contributed by atoms with Gasteiger partial charge in [0, 0.05) is 42.3 Å². The number of nitrogens with zero attached hydrogens (tertiary/aromatic N) is 2. The zero-order valence-corrected chi connectivity index (χ0v) is 17.0. The lowest BCUT2D eigenvalue weighted by atomic mass is 10.1. The number of piperazine rings is 1. The maximum Gasteiger partial charge on any atom is 0.233 e. The van der Waals surface area contributed by atoms with Gasteiger partial charge in [0.1, 0.15) is 0 Å². The molecule has 2 aromatic rings. The quantitative estimate of drug-likeness (QED) is 0.580. The molecule has 2 aromatic carbocycles. The van der Waals surface area contributed by atoms with Gasteiger partial charge in [0.15, 0.2) is 5.78 Å². The molecular weight excluding hydrogens is 356 g/mol. The fourth-order valence-corrected chi connectivity index (χ4v) is 4.06. The lowest BCUT2D eigenvalue weighted by Crippen LogP contribution is -2.49. The molecule has 0 spiro atoms. The van der Waals surface area contributed by atoms with Gasteiger partial charge >= 0.3 is 0 Å². The van der Waals surface area contributed by atoms with Gasteiger partial charge in [0.05, 0.1) is 5.75 Å². The number of thioether (sulfide) groups is 1. The Morgan fingerprint density at radius 3 is 2.19 bits per heavy atom. The van der Waals surface area contributed by atoms with Crippen molar-refractivity contribution in [2.24, 2.45) is 0 Å². The maximum atomic E-state index is 12.5. The highest BCUT2D eigenvalue weighted by atomic mass is 32.2. The van der Waals surface area contributed by atoms with E-state index < -0.39 is 0 Å². The van der Waals surface area contributed by atoms with E-state index in [2.05, 4.69) is 36.9 Å². The van der Waals surface area contributed by atoms with Crippen LogP contribution in [0.5, 0.6) is 0 Å². The second-order valence-electron chi connectivity index (χ2n) is 7.01. The summed E-state index contributed by atoms with van der Waals surface area (Å²) in [5.74, 6) is 0.763. The molecule has 1 saturated heterocycles. The van der Waals surface area contributed by atoms with Crippen molar-refractivity contribution in [1.82, 2.24) is 4.90 Å². The first-order valence-corrected chi connectivity index (χ1v) is 10.3. The Bertz CT molecular complexity index is 825. The molecule has 1 heterocycles. The summed E-state index contributed by atoms with van der Waals surface area (Å²) in [5, 5.41) is 0. The molecule has 0 saturated carbocycles. The van der Waals surface area contributed by atoms with Crippen molar-refractivity contribution >= 4 is 29.1 Å². The molecule has 4 nitrogen and oxygen atoms in total. The van der Waals surface area contributed by atoms with E-state index in [9.17, 15) is 9.59 Å². The molecule has 1 aliphatic heterocycles. The molecule has 1 aliphatic rings. The molecule has 0 radical (unpaired) electrons. The van der Waals surface area contributed by atoms with Crippen LogP contribution in [-0.4, -0.2) is 48.5 Å². The Hall–Kier alpha value is -2.27. The topological polar surface area (TPSA) is 40.6 Å². The van der Waals surface area contributed by atoms with Crippen LogP contribution in [0.1, 0.15) is 28.4 Å². The van der Waals surface area contributed by atoms with Crippen molar-refractivity contribution < 1.29 is 9.59 Å². The number of hydrogen-bond acceptors (Lipinski definition) is 4. The van der Waals surface area contributed by atoms with Crippen LogP contribution < -0.4 is 4.90 Å². The number of rotatable bonds is 5. The number of ketones is 1. The van der Waals surface area contributed by atoms with Crippen LogP contribution in [0.4, 0.5) is 5.69 Å². The summed E-state index contributed by atoms with van der Waals surface area (Å²) < 4.78 is 0. The third kappa shape index (κ3) is 4.92. The summed E-state index contributed by atoms with van der Waals surface area (Å²) in [5.41, 5.74) is 4.38. The SMILES string of the molecule is CC(=O)c1ccc(N2CCN(C(=O)CSc3ccc(C)c(C)c3)CC2)cc1. The minimum atomic E-state index is 0.0817. The number of Topliss-reactive ketones (excluding diaryl/α,β-unsaturated/α-hetero) is 1. The molecule has 142 valence electrons. The molecule has 27 heavy (non-hydrogen) atoms. The van der Waals surface area contributed by atoms with E-state index in [1.54, 1.807) is 18.7 Å². The first-order valence-electron chi connectivity index (χ1n) is 9.28. The molecule has 5 heteroatoms. The molecule has 1 amide bonds. The van der Waals surface area contributed by atoms with Gasteiger partial charge in [-0.15, -0.1) is 11.8 Å². The molecule has 0 aliphatic carbocycles. The Balaban J connectivity index is 1.50. The van der Waals surface area contributed by atoms with Crippen molar-refractivity contribution in [1.29, 1.82) is 0 Å². The average molecular weight is 383 g/mol. The van der Waals surface area contributed by atoms with Gasteiger partial charge in [-0.2, -0.15) is 0 Å². The van der Waals surface area contributed by atoms with E-state index in [1.165, 1.54) is 11.1 Å². The van der Waals surface area contributed by atoms with Crippen LogP contribution in [-0.2, 0) is 4.79 Å². The van der Waals surface area contributed by atoms with E-state index in [0.717, 1.165) is 42.3 Å². The molecule has 0 unspecified atom stereocenters. The Morgan fingerprint density at radius 2 is 1.59 bits per heavy atom. The fraction of sp³-hybridized carbons (Fsp3) is 0.364. The summed E-state index contributed by atoms with van der Waals surface area (Å²) in [7, 11) is 0. The molecule has 0 aromatic heterocycles. The van der Waals surface area contributed by atoms with E-state index in [4.69, 9.17) is 0 Å². The van der Waals surface area contributed by atoms with Crippen LogP contribution in [0.25, 0.3) is 0 Å². The third-order valence-corrected chi connectivity index (χ3v) is 6.09. The van der Waals surface area contributed by atoms with Crippen molar-refractivity contribution in [3.05, 3.63) is 59.2 Å². The average Bonchev–Trinajstić information content (AvgIpc) is 2.69. The molecular formula is C22H26N2O2S. The summed E-state index contributed by atoms with van der Waals surface area (Å²) >= 11 is 1.61. The molecule has 3 rings (SSSR count). The highest BCUT2D eigenvalue weighted by Crippen LogP contribution is 2.22. The number of anilines is 1. The van der Waals surface area contributed by atoms with Gasteiger partial charge in [0.2, 0.25) is 5.91 Å². The lowest BCUT2D eigenvalue weighted by molar-refractivity contribution is -0.128. The van der Waals surface area contributed by atoms with Gasteiger partial charge in [-0.3, -0.25) is 9.59 Å². The Labute approximate surface area is 165 Å². The first-order chi connectivity index (χ1) is 12.9. The van der Waals surface area contributed by atoms with Crippen LogP contribution in [0.2, 0.25) is 0 Å². The summed E-state index contributed by atoms with van der Waals surface area (Å²) in [4.78, 5) is 29.3. The zero-order valence-electron chi connectivity index (χ0n) is 16.2. The van der Waals surface area contributed by atoms with Gasteiger partial charge in [-0.1, -0.05) is 6.07 Å². The normalized spacial score (nSPS) is 14.3. The standard InChI is InChI=1S/C22H26N2O2S/c1-16-4-9-21(14-17(16)2)27-15-22(26)24-12-10-23(11-13-24)20-7-5-19(6-8-20)18(3)25/h4-9,14H,10-13,15H2,1-3H3. The predicted molar refractivity (Wildman–Crippen MR) is 112 cm³/mol. The molecule has 0 N–H and O–H groups in total. The highest BCUT2D eigenvalue weighted by Gasteiger charge is 2.21. The third-order valence-electron chi connectivity index (χ3n) is 5.11. The minimum Gasteiger partial charge on any atom is -0.368 e. The lowest BCUT2D eigenvalue weighted by Gasteiger charge is -2.36. The van der Waals surface area contributed by atoms with E-state index in [0.29, 0.717) is 5.75 Å². The van der Waals surface area contributed by atoms with Crippen LogP contribution >= 0.6 is 11.8 Å². The van der Waals surface area contributed by atoms with Crippen molar-refractivity contribution in [2.45, 2.75) is 25.7 Å². The van der Waals surface area contributed by atoms with E-state index >= 15 is 0 Å². The van der Waals surface area contributed by atoms with Crippen LogP contribution in [0.15, 0.2) is 47.4 Å². The predicted octanol–water partition coefficient (Wildman–Crippen LogP) is 3.95. The Kier molecular flexibility index (Phi) is 6.22. The van der Waals surface area contributed by atoms with Crippen molar-refractivity contribution in [2.75, 3.05) is 36.8 Å². The van der Waals surface area contributed by atoms with E-state index in [-0.39, 0.29) is 11.7 Å². The van der Waals surface area contributed by atoms with Crippen molar-refractivity contribution in [3.63, 3.8) is 0 Å². The van der Waals surface area contributed by atoms with Gasteiger partial charge in [0.25, 0.3) is 0 Å². The molecule has 1 fully saturated rings. The zero-order chi connectivity index (χ0) is 19.4. The molecule has 0 bridgehead atoms. The summed E-state index contributed by atoms with van der Waals surface area (Å²) in [6.45, 7) is 8.89. The maximum absolute atomic E-state index is 12.5. The summed E-state index contributed by atoms with van der Waals surface area (Å²) in [6, 6.07) is 14.1. The largest absolute Gasteiger partial charge is 0.368 e. The fourth-order valence-electron chi connectivity index (χ4n) is 3.16. The van der Waals surface area contributed by atoms with E-state index in [1.807, 2.05) is 29.2 Å². The second-order valence-corrected chi connectivity index (χ2v) is 8.05. The first kappa shape index (κ1) is 19.5. The Morgan fingerprint density at radius 1 is 0.926 bits per heavy atom. The summed E-state index contributed by atoms with van der Waals surface area (Å²) in [6.07, 6.45) is 0. The number of amides is 1. The van der Waals surface area contributed by atoms with Gasteiger partial charge < -0.3 is 9.80 Å². The number of aryl methyl sites for hydroxylation is 2. The van der Waals surface area contributed by atoms with Crippen molar-refractivity contribution in [3.8, 4) is 0 Å². The number of hydrogen-bond donors (Lipinski definition) is 0. The highest BCUT2D eigenvalue weighted by molar-refractivity contribution is 8.00. The van der Waals surface area contributed by atoms with Gasteiger partial charge in [-0.05, 0) is 68.3 Å². The smallest absolute Gasteiger partial charge is 0.233 e.